The molecule has 0 aromatic heterocycles. The first-order valence-electron chi connectivity index (χ1n) is 6.29. The van der Waals surface area contributed by atoms with Gasteiger partial charge in [0.15, 0.2) is 0 Å². The molecule has 1 aromatic rings. The van der Waals surface area contributed by atoms with E-state index in [-0.39, 0.29) is 10.6 Å². The predicted molar refractivity (Wildman–Crippen MR) is 76.1 cm³/mol. The van der Waals surface area contributed by atoms with Gasteiger partial charge in [0.25, 0.3) is 5.69 Å². The Labute approximate surface area is 120 Å². The van der Waals surface area contributed by atoms with Gasteiger partial charge in [-0.05, 0) is 31.4 Å². The number of hydrogen-bond donors (Lipinski definition) is 1. The number of halogens is 1. The van der Waals surface area contributed by atoms with Crippen molar-refractivity contribution < 1.29 is 9.66 Å². The number of hydrogen-bond acceptors (Lipinski definition) is 4. The molecular formula is C13H17BrN2O3. The molecule has 1 aromatic carbocycles. The largest absolute Gasteiger partial charge is 0.381 e. The zero-order valence-corrected chi connectivity index (χ0v) is 12.4. The van der Waals surface area contributed by atoms with Crippen LogP contribution in [0.4, 0.5) is 5.69 Å². The van der Waals surface area contributed by atoms with Crippen LogP contribution in [0.5, 0.6) is 0 Å². The fourth-order valence-electron chi connectivity index (χ4n) is 2.45. The molecule has 1 saturated carbocycles. The molecule has 0 saturated heterocycles. The minimum absolute atomic E-state index is 0.156. The third-order valence-electron chi connectivity index (χ3n) is 3.54. The van der Waals surface area contributed by atoms with Crippen molar-refractivity contribution in [3.8, 4) is 0 Å². The maximum Gasteiger partial charge on any atom is 0.275 e. The van der Waals surface area contributed by atoms with Crippen LogP contribution in [0, 0.1) is 10.1 Å². The molecule has 104 valence electrons. The van der Waals surface area contributed by atoms with Crippen LogP contribution >= 0.6 is 15.9 Å². The monoisotopic (exact) mass is 328 g/mol. The third-order valence-corrected chi connectivity index (χ3v) is 4.04. The molecule has 1 fully saturated rings. The fraction of sp³-hybridized carbons (Fsp3) is 0.538. The molecule has 0 aliphatic heterocycles. The van der Waals surface area contributed by atoms with E-state index in [9.17, 15) is 10.1 Å². The molecule has 1 aliphatic carbocycles. The summed E-state index contributed by atoms with van der Waals surface area (Å²) in [6, 6.07) is 5.55. The van der Waals surface area contributed by atoms with Crippen molar-refractivity contribution in [1.29, 1.82) is 0 Å². The van der Waals surface area contributed by atoms with Gasteiger partial charge < -0.3 is 10.1 Å². The summed E-state index contributed by atoms with van der Waals surface area (Å²) in [5, 5.41) is 14.4. The van der Waals surface area contributed by atoms with E-state index in [0.717, 1.165) is 23.7 Å². The van der Waals surface area contributed by atoms with Crippen molar-refractivity contribution in [2.45, 2.75) is 38.0 Å². The van der Waals surface area contributed by atoms with Crippen LogP contribution in [0.2, 0.25) is 0 Å². The smallest absolute Gasteiger partial charge is 0.275 e. The third kappa shape index (κ3) is 3.75. The lowest BCUT2D eigenvalue weighted by atomic mass is 10.1. The van der Waals surface area contributed by atoms with Gasteiger partial charge in [0.1, 0.15) is 0 Å². The van der Waals surface area contributed by atoms with Crippen molar-refractivity contribution in [3.05, 3.63) is 38.3 Å². The zero-order valence-electron chi connectivity index (χ0n) is 10.8. The van der Waals surface area contributed by atoms with E-state index in [1.54, 1.807) is 19.2 Å². The van der Waals surface area contributed by atoms with Crippen LogP contribution in [0.15, 0.2) is 22.7 Å². The second kappa shape index (κ2) is 6.45. The van der Waals surface area contributed by atoms with Crippen LogP contribution in [0.25, 0.3) is 0 Å². The Morgan fingerprint density at radius 1 is 1.53 bits per heavy atom. The summed E-state index contributed by atoms with van der Waals surface area (Å²) in [5.74, 6) is 0. The van der Waals surface area contributed by atoms with Gasteiger partial charge in [0, 0.05) is 35.8 Å². The van der Waals surface area contributed by atoms with Gasteiger partial charge in [0.05, 0.1) is 11.0 Å². The highest BCUT2D eigenvalue weighted by Gasteiger charge is 2.24. The standard InChI is InChI=1S/C13H17BrN2O3/c1-19-12-5-4-11(7-12)15-8-9-2-3-10(14)6-13(9)16(17)18/h2-3,6,11-12,15H,4-5,7-8H2,1H3. The van der Waals surface area contributed by atoms with Gasteiger partial charge in [-0.2, -0.15) is 0 Å². The fourth-order valence-corrected chi connectivity index (χ4v) is 2.80. The summed E-state index contributed by atoms with van der Waals surface area (Å²) >= 11 is 3.26. The van der Waals surface area contributed by atoms with Crippen LogP contribution in [0.3, 0.4) is 0 Å². The van der Waals surface area contributed by atoms with Gasteiger partial charge in [-0.15, -0.1) is 0 Å². The number of rotatable bonds is 5. The van der Waals surface area contributed by atoms with Crippen molar-refractivity contribution in [3.63, 3.8) is 0 Å². The molecule has 2 rings (SSSR count). The lowest BCUT2D eigenvalue weighted by Gasteiger charge is -2.13. The Morgan fingerprint density at radius 3 is 2.95 bits per heavy atom. The molecule has 0 spiro atoms. The average Bonchev–Trinajstić information content (AvgIpc) is 2.85. The number of nitrogens with one attached hydrogen (secondary N) is 1. The van der Waals surface area contributed by atoms with Crippen LogP contribution < -0.4 is 5.32 Å². The maximum atomic E-state index is 11.0. The molecule has 0 heterocycles. The maximum absolute atomic E-state index is 11.0. The van der Waals surface area contributed by atoms with Crippen LogP contribution in [0.1, 0.15) is 24.8 Å². The highest BCUT2D eigenvalue weighted by atomic mass is 79.9. The van der Waals surface area contributed by atoms with Gasteiger partial charge in [-0.1, -0.05) is 15.9 Å². The van der Waals surface area contributed by atoms with Crippen molar-refractivity contribution in [2.75, 3.05) is 7.11 Å². The number of methoxy groups -OCH3 is 1. The van der Waals surface area contributed by atoms with Crippen molar-refractivity contribution >= 4 is 21.6 Å². The Balaban J connectivity index is 1.98. The lowest BCUT2D eigenvalue weighted by molar-refractivity contribution is -0.385. The van der Waals surface area contributed by atoms with Crippen LogP contribution in [-0.4, -0.2) is 24.2 Å². The first-order chi connectivity index (χ1) is 9.10. The van der Waals surface area contributed by atoms with Crippen LogP contribution in [-0.2, 0) is 11.3 Å². The van der Waals surface area contributed by atoms with E-state index >= 15 is 0 Å². The molecule has 0 bridgehead atoms. The molecule has 0 radical (unpaired) electrons. The Hall–Kier alpha value is -0.980. The van der Waals surface area contributed by atoms with Gasteiger partial charge in [0.2, 0.25) is 0 Å². The Morgan fingerprint density at radius 2 is 2.32 bits per heavy atom. The molecular weight excluding hydrogens is 312 g/mol. The second-order valence-electron chi connectivity index (χ2n) is 4.78. The van der Waals surface area contributed by atoms with E-state index in [1.807, 2.05) is 6.07 Å². The topological polar surface area (TPSA) is 64.4 Å². The number of benzene rings is 1. The summed E-state index contributed by atoms with van der Waals surface area (Å²) in [7, 11) is 1.73. The molecule has 5 nitrogen and oxygen atoms in total. The second-order valence-corrected chi connectivity index (χ2v) is 5.69. The first kappa shape index (κ1) is 14.4. The normalized spacial score (nSPS) is 22.6. The number of nitrogens with zero attached hydrogens (tertiary/aromatic N) is 1. The molecule has 6 heteroatoms. The molecule has 1 aliphatic rings. The van der Waals surface area contributed by atoms with Crippen molar-refractivity contribution in [1.82, 2.24) is 5.32 Å². The molecule has 0 amide bonds. The summed E-state index contributed by atoms with van der Waals surface area (Å²) < 4.78 is 6.04. The van der Waals surface area contributed by atoms with E-state index in [1.165, 1.54) is 0 Å². The highest BCUT2D eigenvalue weighted by Crippen LogP contribution is 2.25. The lowest BCUT2D eigenvalue weighted by Crippen LogP contribution is -2.27. The summed E-state index contributed by atoms with van der Waals surface area (Å²) in [4.78, 5) is 10.7. The highest BCUT2D eigenvalue weighted by molar-refractivity contribution is 9.10. The number of nitro benzene ring substituents is 1. The number of ether oxygens (including phenoxy) is 1. The molecule has 2 unspecified atom stereocenters. The number of nitro groups is 1. The first-order valence-corrected chi connectivity index (χ1v) is 7.08. The van der Waals surface area contributed by atoms with Gasteiger partial charge >= 0.3 is 0 Å². The van der Waals surface area contributed by atoms with E-state index < -0.39 is 0 Å². The summed E-state index contributed by atoms with van der Waals surface area (Å²) in [6.45, 7) is 0.519. The Kier molecular flexibility index (Phi) is 4.90. The minimum atomic E-state index is -0.339. The quantitative estimate of drug-likeness (QED) is 0.666. The average molecular weight is 329 g/mol. The van der Waals surface area contributed by atoms with E-state index in [4.69, 9.17) is 4.74 Å². The van der Waals surface area contributed by atoms with E-state index in [2.05, 4.69) is 21.2 Å². The van der Waals surface area contributed by atoms with Crippen molar-refractivity contribution in [2.24, 2.45) is 0 Å². The summed E-state index contributed by atoms with van der Waals surface area (Å²) in [6.07, 6.45) is 3.40. The molecule has 19 heavy (non-hydrogen) atoms. The predicted octanol–water partition coefficient (Wildman–Crippen LogP) is 3.01. The van der Waals surface area contributed by atoms with Gasteiger partial charge in [-0.3, -0.25) is 10.1 Å². The zero-order chi connectivity index (χ0) is 13.8. The Bertz CT molecular complexity index is 467. The summed E-state index contributed by atoms with van der Waals surface area (Å²) in [5.41, 5.74) is 0.872. The molecule has 1 N–H and O–H groups in total. The van der Waals surface area contributed by atoms with E-state index in [0.29, 0.717) is 24.3 Å². The molecule has 2 atom stereocenters. The minimum Gasteiger partial charge on any atom is -0.381 e. The SMILES string of the molecule is COC1CCC(NCc2ccc(Br)cc2[N+](=O)[O-])C1. The van der Waals surface area contributed by atoms with Gasteiger partial charge in [-0.25, -0.2) is 0 Å².